The lowest BCUT2D eigenvalue weighted by atomic mass is 9.94. The van der Waals surface area contributed by atoms with Gasteiger partial charge in [-0.15, -0.1) is 0 Å². The molecule has 20 heavy (non-hydrogen) atoms. The fraction of sp³-hybridized carbons (Fsp3) is 0.462. The summed E-state index contributed by atoms with van der Waals surface area (Å²) in [5.41, 5.74) is 4.58. The van der Waals surface area contributed by atoms with Crippen molar-refractivity contribution in [2.45, 2.75) is 31.7 Å². The molecular weight excluding hydrogens is 265 g/mol. The fourth-order valence-corrected chi connectivity index (χ4v) is 1.64. The van der Waals surface area contributed by atoms with E-state index in [1.165, 1.54) is 0 Å². The number of benzene rings is 1. The SMILES string of the molecule is CCC(N)(C#N)CCCOc1cc(F)ccc1[N+](=O)[O-]. The maximum absolute atomic E-state index is 13.1. The summed E-state index contributed by atoms with van der Waals surface area (Å²) in [6, 6.07) is 5.05. The lowest BCUT2D eigenvalue weighted by Gasteiger charge is -2.18. The first-order valence-electron chi connectivity index (χ1n) is 6.19. The Morgan fingerprint density at radius 1 is 1.60 bits per heavy atom. The van der Waals surface area contributed by atoms with Crippen molar-refractivity contribution in [2.75, 3.05) is 6.61 Å². The van der Waals surface area contributed by atoms with Gasteiger partial charge in [0.05, 0.1) is 17.6 Å². The van der Waals surface area contributed by atoms with Crippen LogP contribution >= 0.6 is 0 Å². The van der Waals surface area contributed by atoms with Crippen molar-refractivity contribution >= 4 is 5.69 Å². The van der Waals surface area contributed by atoms with Crippen LogP contribution in [-0.2, 0) is 0 Å². The summed E-state index contributed by atoms with van der Waals surface area (Å²) in [7, 11) is 0. The van der Waals surface area contributed by atoms with E-state index in [1.807, 2.05) is 13.0 Å². The summed E-state index contributed by atoms with van der Waals surface area (Å²) >= 11 is 0. The number of hydrogen-bond acceptors (Lipinski definition) is 5. The first kappa shape index (κ1) is 15.9. The van der Waals surface area contributed by atoms with Gasteiger partial charge >= 0.3 is 5.69 Å². The van der Waals surface area contributed by atoms with Crippen molar-refractivity contribution < 1.29 is 14.1 Å². The molecule has 0 radical (unpaired) electrons. The molecule has 1 rings (SSSR count). The van der Waals surface area contributed by atoms with E-state index in [4.69, 9.17) is 15.7 Å². The van der Waals surface area contributed by atoms with Crippen molar-refractivity contribution in [2.24, 2.45) is 5.73 Å². The van der Waals surface area contributed by atoms with Gasteiger partial charge < -0.3 is 10.5 Å². The predicted octanol–water partition coefficient (Wildman–Crippen LogP) is 2.52. The van der Waals surface area contributed by atoms with E-state index in [9.17, 15) is 14.5 Å². The van der Waals surface area contributed by atoms with Gasteiger partial charge in [0.25, 0.3) is 0 Å². The Hall–Kier alpha value is -2.20. The Labute approximate surface area is 116 Å². The highest BCUT2D eigenvalue weighted by molar-refractivity contribution is 5.46. The summed E-state index contributed by atoms with van der Waals surface area (Å²) in [6.07, 6.45) is 1.36. The van der Waals surface area contributed by atoms with Crippen LogP contribution in [0.15, 0.2) is 18.2 Å². The molecule has 108 valence electrons. The van der Waals surface area contributed by atoms with E-state index in [1.54, 1.807) is 0 Å². The third-order valence-corrected chi connectivity index (χ3v) is 3.00. The molecule has 0 spiro atoms. The van der Waals surface area contributed by atoms with E-state index in [2.05, 4.69) is 0 Å². The molecule has 0 amide bonds. The van der Waals surface area contributed by atoms with E-state index < -0.39 is 16.3 Å². The molecule has 0 aromatic heterocycles. The molecule has 0 saturated heterocycles. The van der Waals surface area contributed by atoms with Crippen molar-refractivity contribution in [1.82, 2.24) is 0 Å². The minimum Gasteiger partial charge on any atom is -0.487 e. The molecule has 1 aromatic rings. The molecule has 0 aliphatic rings. The zero-order chi connectivity index (χ0) is 15.2. The molecule has 1 atom stereocenters. The molecule has 6 nitrogen and oxygen atoms in total. The van der Waals surface area contributed by atoms with E-state index in [-0.39, 0.29) is 18.0 Å². The summed E-state index contributed by atoms with van der Waals surface area (Å²) in [6.45, 7) is 1.94. The van der Waals surface area contributed by atoms with Crippen LogP contribution < -0.4 is 10.5 Å². The van der Waals surface area contributed by atoms with Gasteiger partial charge in [0, 0.05) is 12.1 Å². The van der Waals surface area contributed by atoms with Crippen molar-refractivity contribution in [3.8, 4) is 11.8 Å². The Morgan fingerprint density at radius 3 is 2.85 bits per heavy atom. The molecule has 0 saturated carbocycles. The second-order valence-electron chi connectivity index (χ2n) is 4.44. The molecule has 1 aromatic carbocycles. The molecule has 1 unspecified atom stereocenters. The quantitative estimate of drug-likeness (QED) is 0.470. The second kappa shape index (κ2) is 6.82. The van der Waals surface area contributed by atoms with E-state index in [0.717, 1.165) is 18.2 Å². The average Bonchev–Trinajstić information content (AvgIpc) is 2.43. The molecule has 0 aliphatic heterocycles. The maximum atomic E-state index is 13.1. The van der Waals surface area contributed by atoms with Crippen LogP contribution in [0.3, 0.4) is 0 Å². The number of ether oxygens (including phenoxy) is 1. The van der Waals surface area contributed by atoms with Crippen LogP contribution in [-0.4, -0.2) is 17.1 Å². The fourth-order valence-electron chi connectivity index (χ4n) is 1.64. The number of nitrogens with zero attached hydrogens (tertiary/aromatic N) is 2. The number of nitrogens with two attached hydrogens (primary N) is 1. The van der Waals surface area contributed by atoms with Gasteiger partial charge in [-0.1, -0.05) is 6.92 Å². The normalized spacial score (nSPS) is 13.3. The van der Waals surface area contributed by atoms with Gasteiger partial charge in [0.1, 0.15) is 11.4 Å². The standard InChI is InChI=1S/C13H16FN3O3/c1-2-13(16,9-15)6-3-7-20-12-8-10(14)4-5-11(12)17(18)19/h4-5,8H,2-3,6-7,16H2,1H3. The summed E-state index contributed by atoms with van der Waals surface area (Å²) in [4.78, 5) is 10.1. The lowest BCUT2D eigenvalue weighted by Crippen LogP contribution is -2.37. The van der Waals surface area contributed by atoms with Gasteiger partial charge in [0.2, 0.25) is 0 Å². The van der Waals surface area contributed by atoms with Gasteiger partial charge in [-0.05, 0) is 25.3 Å². The Bertz CT molecular complexity index is 530. The molecule has 0 aliphatic carbocycles. The predicted molar refractivity (Wildman–Crippen MR) is 70.6 cm³/mol. The van der Waals surface area contributed by atoms with Gasteiger partial charge in [-0.3, -0.25) is 10.1 Å². The number of nitriles is 1. The number of nitro benzene ring substituents is 1. The Kier molecular flexibility index (Phi) is 5.41. The number of nitro groups is 1. The first-order chi connectivity index (χ1) is 9.41. The Balaban J connectivity index is 2.61. The summed E-state index contributed by atoms with van der Waals surface area (Å²) in [5, 5.41) is 19.7. The smallest absolute Gasteiger partial charge is 0.311 e. The number of halogens is 1. The topological polar surface area (TPSA) is 102 Å². The number of rotatable bonds is 7. The van der Waals surface area contributed by atoms with Gasteiger partial charge in [0.15, 0.2) is 5.75 Å². The molecule has 2 N–H and O–H groups in total. The van der Waals surface area contributed by atoms with Crippen LogP contribution in [0.4, 0.5) is 10.1 Å². The van der Waals surface area contributed by atoms with Gasteiger partial charge in [-0.2, -0.15) is 5.26 Å². The minimum atomic E-state index is -0.919. The maximum Gasteiger partial charge on any atom is 0.311 e. The van der Waals surface area contributed by atoms with Crippen LogP contribution in [0.1, 0.15) is 26.2 Å². The highest BCUT2D eigenvalue weighted by Gasteiger charge is 2.22. The van der Waals surface area contributed by atoms with Crippen LogP contribution in [0.5, 0.6) is 5.75 Å². The minimum absolute atomic E-state index is 0.119. The highest BCUT2D eigenvalue weighted by atomic mass is 19.1. The van der Waals surface area contributed by atoms with E-state index >= 15 is 0 Å². The van der Waals surface area contributed by atoms with Crippen molar-refractivity contribution in [3.05, 3.63) is 34.1 Å². The average molecular weight is 281 g/mol. The summed E-state index contributed by atoms with van der Waals surface area (Å²) < 4.78 is 18.3. The lowest BCUT2D eigenvalue weighted by molar-refractivity contribution is -0.385. The number of hydrogen-bond donors (Lipinski definition) is 1. The van der Waals surface area contributed by atoms with Crippen LogP contribution in [0, 0.1) is 27.3 Å². The highest BCUT2D eigenvalue weighted by Crippen LogP contribution is 2.27. The molecule has 0 heterocycles. The van der Waals surface area contributed by atoms with Gasteiger partial charge in [-0.25, -0.2) is 4.39 Å². The monoisotopic (exact) mass is 281 g/mol. The molecule has 0 fully saturated rings. The molecule has 7 heteroatoms. The third-order valence-electron chi connectivity index (χ3n) is 3.00. The summed E-state index contributed by atoms with van der Waals surface area (Å²) in [5.74, 6) is -0.726. The second-order valence-corrected chi connectivity index (χ2v) is 4.44. The molecular formula is C13H16FN3O3. The van der Waals surface area contributed by atoms with Crippen LogP contribution in [0.2, 0.25) is 0 Å². The first-order valence-corrected chi connectivity index (χ1v) is 6.19. The van der Waals surface area contributed by atoms with E-state index in [0.29, 0.717) is 19.3 Å². The zero-order valence-corrected chi connectivity index (χ0v) is 11.1. The molecule has 0 bridgehead atoms. The largest absolute Gasteiger partial charge is 0.487 e. The zero-order valence-electron chi connectivity index (χ0n) is 11.1. The third kappa shape index (κ3) is 4.17. The Morgan fingerprint density at radius 2 is 2.30 bits per heavy atom. The van der Waals surface area contributed by atoms with Crippen molar-refractivity contribution in [3.63, 3.8) is 0 Å². The van der Waals surface area contributed by atoms with Crippen molar-refractivity contribution in [1.29, 1.82) is 5.26 Å². The van der Waals surface area contributed by atoms with Crippen LogP contribution in [0.25, 0.3) is 0 Å².